The van der Waals surface area contributed by atoms with E-state index < -0.39 is 39.2 Å². The minimum atomic E-state index is -2.88. The molecule has 5 heteroatoms. The van der Waals surface area contributed by atoms with Gasteiger partial charge in [0.25, 0.3) is 0 Å². The topological polar surface area (TPSA) is 57.4 Å². The molecule has 1 aromatic heterocycles. The van der Waals surface area contributed by atoms with E-state index in [-0.39, 0.29) is 24.6 Å². The van der Waals surface area contributed by atoms with Gasteiger partial charge in [-0.3, -0.25) is 0 Å². The summed E-state index contributed by atoms with van der Waals surface area (Å²) in [5.41, 5.74) is 1.09. The van der Waals surface area contributed by atoms with Gasteiger partial charge in [-0.1, -0.05) is 6.07 Å². The summed E-state index contributed by atoms with van der Waals surface area (Å²) in [5, 5.41) is 0.821. The van der Waals surface area contributed by atoms with Crippen molar-refractivity contribution in [2.24, 2.45) is 0 Å². The lowest BCUT2D eigenvalue weighted by Gasteiger charge is -2.09. The number of ether oxygens (including phenoxy) is 1. The average Bonchev–Trinajstić information content (AvgIpc) is 2.98. The Kier molecular flexibility index (Phi) is 1.65. The Bertz CT molecular complexity index is 1020. The first kappa shape index (κ1) is 6.01. The number of carbonyl (C=O) groups excluding carboxylic acids is 1. The van der Waals surface area contributed by atoms with Crippen molar-refractivity contribution in [3.05, 3.63) is 35.5 Å². The van der Waals surface area contributed by atoms with E-state index in [0.29, 0.717) is 26.7 Å². The first-order valence-electron chi connectivity index (χ1n) is 11.8. The van der Waals surface area contributed by atoms with Crippen LogP contribution in [-0.2, 0) is 17.6 Å². The molecule has 2 N–H and O–H groups in total. The molecule has 0 spiro atoms. The van der Waals surface area contributed by atoms with Crippen LogP contribution < -0.4 is 5.31 Å². The molecular weight excluding hydrogens is 266 g/mol. The normalized spacial score (nSPS) is 30.0. The molecule has 3 rings (SSSR count). The Labute approximate surface area is 139 Å². The van der Waals surface area contributed by atoms with Gasteiger partial charge in [0.15, 0.2) is 2.82 Å². The zero-order valence-electron chi connectivity index (χ0n) is 22.1. The van der Waals surface area contributed by atoms with E-state index in [1.807, 2.05) is 0 Å². The van der Waals surface area contributed by atoms with Crippen LogP contribution in [-0.4, -0.2) is 49.1 Å². The summed E-state index contributed by atoms with van der Waals surface area (Å²) in [5.74, 6) is 0. The Morgan fingerprint density at radius 2 is 2.52 bits per heavy atom. The van der Waals surface area contributed by atoms with Crippen molar-refractivity contribution in [3.8, 4) is 0 Å². The molecule has 1 atom stereocenters. The lowest BCUT2D eigenvalue weighted by molar-refractivity contribution is 0.177. The van der Waals surface area contributed by atoms with E-state index in [1.54, 1.807) is 12.1 Å². The molecule has 112 valence electrons. The molecule has 0 radical (unpaired) electrons. The zero-order chi connectivity index (χ0) is 24.2. The highest BCUT2D eigenvalue weighted by molar-refractivity contribution is 5.84. The van der Waals surface area contributed by atoms with Crippen LogP contribution in [0.2, 0.25) is 2.82 Å². The van der Waals surface area contributed by atoms with Crippen LogP contribution in [0.3, 0.4) is 0 Å². The van der Waals surface area contributed by atoms with Gasteiger partial charge in [-0.15, -0.1) is 0 Å². The summed E-state index contributed by atoms with van der Waals surface area (Å²) in [6.45, 7) is -8.54. The van der Waals surface area contributed by atoms with E-state index in [4.69, 9.17) is 15.2 Å². The van der Waals surface area contributed by atoms with Crippen molar-refractivity contribution in [1.82, 2.24) is 15.2 Å². The monoisotopic (exact) mass is 298 g/mol. The van der Waals surface area contributed by atoms with Gasteiger partial charge < -0.3 is 19.9 Å². The zero-order valence-corrected chi connectivity index (χ0v) is 11.1. The van der Waals surface area contributed by atoms with E-state index >= 15 is 0 Å². The molecule has 1 saturated heterocycles. The summed E-state index contributed by atoms with van der Waals surface area (Å²) < 4.78 is 89.1. The fourth-order valence-corrected chi connectivity index (χ4v) is 2.26. The summed E-state index contributed by atoms with van der Waals surface area (Å²) in [6, 6.07) is 3.44. The van der Waals surface area contributed by atoms with Gasteiger partial charge in [0.1, 0.15) is 6.56 Å². The maximum atomic E-state index is 11.5. The lowest BCUT2D eigenvalue weighted by atomic mass is 10.0. The summed E-state index contributed by atoms with van der Waals surface area (Å²) in [4.78, 5) is 12.8. The third-order valence-corrected chi connectivity index (χ3v) is 3.26. The Balaban J connectivity index is 1.94. The number of nitrogens with zero attached hydrogens (tertiary/aromatic N) is 1. The van der Waals surface area contributed by atoms with Gasteiger partial charge in [0.05, 0.1) is 10.2 Å². The molecule has 1 aliphatic heterocycles. The highest BCUT2D eigenvalue weighted by Crippen LogP contribution is 2.21. The minimum Gasteiger partial charge on any atom is -0.447 e. The highest BCUT2D eigenvalue weighted by Gasteiger charge is 2.22. The molecule has 1 aliphatic rings. The number of cyclic esters (lactones) is 1. The van der Waals surface area contributed by atoms with E-state index in [2.05, 4.69) is 4.74 Å². The van der Waals surface area contributed by atoms with Gasteiger partial charge in [-0.25, -0.2) is 4.79 Å². The van der Waals surface area contributed by atoms with E-state index in [1.165, 1.54) is 6.07 Å². The average molecular weight is 298 g/mol. The van der Waals surface area contributed by atoms with Crippen molar-refractivity contribution in [3.63, 3.8) is 0 Å². The predicted molar refractivity (Wildman–Crippen MR) is 82.5 cm³/mol. The number of H-pyrrole nitrogens is 1. The molecule has 5 nitrogen and oxygen atoms in total. The number of carbonyl (C=O) groups is 1. The second-order valence-corrected chi connectivity index (χ2v) is 4.79. The van der Waals surface area contributed by atoms with Crippen LogP contribution in [0.15, 0.2) is 24.4 Å². The van der Waals surface area contributed by atoms with Gasteiger partial charge >= 0.3 is 6.09 Å². The summed E-state index contributed by atoms with van der Waals surface area (Å²) in [6.07, 6.45) is -1.55. The van der Waals surface area contributed by atoms with Crippen LogP contribution in [0.1, 0.15) is 23.5 Å². The number of amides is 1. The molecular formula is C16H21N3O2. The van der Waals surface area contributed by atoms with Crippen LogP contribution in [0, 0.1) is 0 Å². The largest absolute Gasteiger partial charge is 0.447 e. The maximum absolute atomic E-state index is 11.5. The second-order valence-electron chi connectivity index (χ2n) is 4.79. The van der Waals surface area contributed by atoms with Crippen molar-refractivity contribution < 1.29 is 24.7 Å². The van der Waals surface area contributed by atoms with Gasteiger partial charge in [-0.05, 0) is 50.1 Å². The van der Waals surface area contributed by atoms with Gasteiger partial charge in [-0.2, -0.15) is 0 Å². The van der Waals surface area contributed by atoms with Gasteiger partial charge in [0.2, 0.25) is 0 Å². The first-order chi connectivity index (χ1) is 14.5. The third kappa shape index (κ3) is 3.19. The molecule has 2 heterocycles. The fourth-order valence-electron chi connectivity index (χ4n) is 2.26. The number of aromatic amines is 1. The molecule has 1 fully saturated rings. The number of fused-ring (bicyclic) bond motifs is 1. The molecule has 0 saturated carbocycles. The Morgan fingerprint density at radius 3 is 3.29 bits per heavy atom. The molecule has 0 bridgehead atoms. The lowest BCUT2D eigenvalue weighted by Crippen LogP contribution is -2.28. The standard InChI is InChI=1S/C16H21N3O2/c1-19(2)6-5-12-9-17-15-4-3-11(8-14(12)15)7-13-10-21-16(20)18-13/h3-4,8-9,13,17H,5-7,10H2,1-2H3,(H,18,20)/t13-/m0/s1/i1D3,2D3,9D,10D2/hD2. The van der Waals surface area contributed by atoms with Crippen LogP contribution in [0.4, 0.5) is 4.79 Å². The molecule has 0 unspecified atom stereocenters. The van der Waals surface area contributed by atoms with Crippen LogP contribution in [0.25, 0.3) is 10.9 Å². The molecule has 0 aliphatic carbocycles. The number of hydrogen-bond donors (Lipinski definition) is 2. The van der Waals surface area contributed by atoms with Gasteiger partial charge in [0, 0.05) is 31.8 Å². The second kappa shape index (κ2) is 5.77. The minimum absolute atomic E-state index is 0.0786. The van der Waals surface area contributed by atoms with Crippen molar-refractivity contribution in [2.75, 3.05) is 27.1 Å². The SMILES string of the molecule is [2H]c1c(CCN(C([2H])([2H])[2H])C([2H])([2H])[2H])c2cc(C[C@@H]3N([2H])C(=O)OC3([2H])[2H])ccc2n1[2H]. The Morgan fingerprint density at radius 1 is 1.62 bits per heavy atom. The number of aromatic nitrogens is 1. The summed E-state index contributed by atoms with van der Waals surface area (Å²) >= 11 is 0. The third-order valence-electron chi connectivity index (χ3n) is 3.26. The number of benzene rings is 1. The van der Waals surface area contributed by atoms with E-state index in [9.17, 15) is 4.79 Å². The number of likely N-dealkylation sites (N-methyl/N-ethyl adjacent to an activating group) is 1. The van der Waals surface area contributed by atoms with Crippen molar-refractivity contribution >= 4 is 17.0 Å². The maximum Gasteiger partial charge on any atom is 0.407 e. The van der Waals surface area contributed by atoms with Crippen LogP contribution >= 0.6 is 0 Å². The molecule has 1 aromatic carbocycles. The van der Waals surface area contributed by atoms with Crippen molar-refractivity contribution in [2.45, 2.75) is 18.9 Å². The number of nitrogens with one attached hydrogen (secondary N) is 2. The first-order valence-corrected chi connectivity index (χ1v) is 6.45. The highest BCUT2D eigenvalue weighted by atomic mass is 16.6. The summed E-state index contributed by atoms with van der Waals surface area (Å²) in [7, 11) is 0. The van der Waals surface area contributed by atoms with Crippen LogP contribution in [0.5, 0.6) is 0 Å². The quantitative estimate of drug-likeness (QED) is 0.887. The van der Waals surface area contributed by atoms with Crippen molar-refractivity contribution in [1.29, 1.82) is 0 Å². The van der Waals surface area contributed by atoms with E-state index in [0.717, 1.165) is 4.98 Å². The molecule has 21 heavy (non-hydrogen) atoms. The number of hydrogen-bond acceptors (Lipinski definition) is 3. The fraction of sp³-hybridized carbons (Fsp3) is 0.438. The molecule has 2 aromatic rings. The predicted octanol–water partition coefficient (Wildman–Crippen LogP) is 1.92. The Hall–Kier alpha value is -2.01. The molecule has 1 amide bonds. The smallest absolute Gasteiger partial charge is 0.407 e. The number of rotatable bonds is 5. The number of alkyl carbamates (subject to hydrolysis) is 1.